The minimum Gasteiger partial charge on any atom is -0.468 e. The van der Waals surface area contributed by atoms with Crippen LogP contribution in [-0.4, -0.2) is 28.8 Å². The summed E-state index contributed by atoms with van der Waals surface area (Å²) in [5, 5.41) is 6.08. The number of fused-ring (bicyclic) bond motifs is 1. The van der Waals surface area contributed by atoms with Crippen LogP contribution >= 0.6 is 11.3 Å². The highest BCUT2D eigenvalue weighted by Crippen LogP contribution is 2.31. The van der Waals surface area contributed by atoms with Crippen molar-refractivity contribution in [2.75, 3.05) is 6.61 Å². The Kier molecular flexibility index (Phi) is 6.26. The van der Waals surface area contributed by atoms with Gasteiger partial charge in [-0.3, -0.25) is 0 Å². The zero-order valence-electron chi connectivity index (χ0n) is 16.5. The van der Waals surface area contributed by atoms with E-state index in [-0.39, 0.29) is 19.0 Å². The van der Waals surface area contributed by atoms with Gasteiger partial charge in [0.15, 0.2) is 17.4 Å². The van der Waals surface area contributed by atoms with Gasteiger partial charge in [-0.2, -0.15) is 13.2 Å². The maximum absolute atomic E-state index is 12.1. The first kappa shape index (κ1) is 21.6. The number of pyridine rings is 1. The van der Waals surface area contributed by atoms with Gasteiger partial charge in [0.25, 0.3) is 0 Å². The van der Waals surface area contributed by atoms with Crippen LogP contribution in [0.4, 0.5) is 18.0 Å². The third kappa shape index (κ3) is 5.76. The first-order valence-electron chi connectivity index (χ1n) is 9.46. The van der Waals surface area contributed by atoms with Crippen LogP contribution < -0.4 is 15.4 Å². The number of ether oxygens (including phenoxy) is 1. The molecule has 0 unspecified atom stereocenters. The number of halogens is 3. The lowest BCUT2D eigenvalue weighted by Gasteiger charge is -2.09. The number of nitrogens with one attached hydrogen (secondary N) is 2. The second-order valence-corrected chi connectivity index (χ2v) is 7.73. The van der Waals surface area contributed by atoms with Gasteiger partial charge in [0.1, 0.15) is 5.76 Å². The molecule has 3 aromatic heterocycles. The number of urea groups is 1. The molecule has 2 amide bonds. The van der Waals surface area contributed by atoms with Crippen LogP contribution in [0.1, 0.15) is 11.3 Å². The Labute approximate surface area is 184 Å². The highest BCUT2D eigenvalue weighted by Gasteiger charge is 2.28. The molecule has 0 spiro atoms. The summed E-state index contributed by atoms with van der Waals surface area (Å²) in [6, 6.07) is 13.8. The van der Waals surface area contributed by atoms with Crippen molar-refractivity contribution in [3.05, 3.63) is 66.1 Å². The Balaban J connectivity index is 1.24. The number of hydrogen-bond acceptors (Lipinski definition) is 6. The second kappa shape index (κ2) is 9.27. The molecule has 0 radical (unpaired) electrons. The minimum absolute atomic E-state index is 0.141. The number of nitrogens with zero attached hydrogens (tertiary/aromatic N) is 2. The van der Waals surface area contributed by atoms with Gasteiger partial charge in [0.2, 0.25) is 5.88 Å². The predicted octanol–water partition coefficient (Wildman–Crippen LogP) is 4.89. The second-order valence-electron chi connectivity index (χ2n) is 6.70. The van der Waals surface area contributed by atoms with Gasteiger partial charge in [-0.25, -0.2) is 14.8 Å². The molecule has 32 heavy (non-hydrogen) atoms. The van der Waals surface area contributed by atoms with E-state index in [1.807, 2.05) is 24.3 Å². The van der Waals surface area contributed by atoms with Crippen molar-refractivity contribution in [3.63, 3.8) is 0 Å². The van der Waals surface area contributed by atoms with Crippen molar-refractivity contribution in [2.45, 2.75) is 19.3 Å². The van der Waals surface area contributed by atoms with E-state index in [2.05, 4.69) is 25.3 Å². The summed E-state index contributed by atoms with van der Waals surface area (Å²) in [5.74, 6) is 1.06. The lowest BCUT2D eigenvalue weighted by molar-refractivity contribution is -0.154. The van der Waals surface area contributed by atoms with Crippen molar-refractivity contribution in [3.8, 4) is 16.6 Å². The first-order chi connectivity index (χ1) is 15.4. The molecule has 3 heterocycles. The fourth-order valence-electron chi connectivity index (χ4n) is 2.73. The van der Waals surface area contributed by atoms with Crippen LogP contribution in [0.5, 0.6) is 5.88 Å². The molecule has 0 aliphatic carbocycles. The van der Waals surface area contributed by atoms with Gasteiger partial charge in [-0.1, -0.05) is 18.2 Å². The van der Waals surface area contributed by atoms with Crippen molar-refractivity contribution >= 4 is 27.6 Å². The molecule has 166 valence electrons. The van der Waals surface area contributed by atoms with E-state index >= 15 is 0 Å². The Morgan fingerprint density at radius 2 is 1.88 bits per heavy atom. The molecule has 0 fully saturated rings. The third-order valence-electron chi connectivity index (χ3n) is 4.22. The first-order valence-corrected chi connectivity index (χ1v) is 10.3. The average molecular weight is 462 g/mol. The summed E-state index contributed by atoms with van der Waals surface area (Å²) < 4.78 is 47.8. The molecule has 0 aliphatic heterocycles. The number of benzene rings is 1. The molecule has 0 aliphatic rings. The van der Waals surface area contributed by atoms with Crippen molar-refractivity contribution in [1.82, 2.24) is 20.6 Å². The number of rotatable bonds is 7. The number of furan rings is 1. The smallest absolute Gasteiger partial charge is 0.422 e. The lowest BCUT2D eigenvalue weighted by Crippen LogP contribution is -2.34. The van der Waals surface area contributed by atoms with E-state index in [1.54, 1.807) is 12.1 Å². The number of carbonyl (C=O) groups excluding carboxylic acids is 1. The maximum Gasteiger partial charge on any atom is 0.422 e. The van der Waals surface area contributed by atoms with Gasteiger partial charge in [-0.15, -0.1) is 11.3 Å². The van der Waals surface area contributed by atoms with Gasteiger partial charge < -0.3 is 19.8 Å². The van der Waals surface area contributed by atoms with E-state index in [0.717, 1.165) is 15.2 Å². The number of thiazole rings is 1. The van der Waals surface area contributed by atoms with Gasteiger partial charge in [-0.05, 0) is 29.8 Å². The lowest BCUT2D eigenvalue weighted by atomic mass is 10.3. The van der Waals surface area contributed by atoms with Crippen LogP contribution in [0.15, 0.2) is 59.1 Å². The monoisotopic (exact) mass is 462 g/mol. The SMILES string of the molecule is O=C(NCc1ccc(OCC(F)(F)F)nc1)NCc1ccc(-c2nc3ccccc3s2)o1. The number of aromatic nitrogens is 2. The maximum atomic E-state index is 12.1. The fourth-order valence-corrected chi connectivity index (χ4v) is 3.66. The largest absolute Gasteiger partial charge is 0.468 e. The van der Waals surface area contributed by atoms with E-state index in [1.165, 1.54) is 29.7 Å². The Morgan fingerprint density at radius 3 is 2.62 bits per heavy atom. The fraction of sp³-hybridized carbons (Fsp3) is 0.190. The standard InChI is InChI=1S/C21H17F3N4O3S/c22-21(23,24)12-30-18-8-5-13(9-25-18)10-26-20(29)27-11-14-6-7-16(31-14)19-28-15-3-1-2-4-17(15)32-19/h1-9H,10-12H2,(H2,26,27,29). The van der Waals surface area contributed by atoms with Gasteiger partial charge >= 0.3 is 12.2 Å². The zero-order chi connectivity index (χ0) is 22.6. The number of carbonyl (C=O) groups is 1. The molecule has 2 N–H and O–H groups in total. The summed E-state index contributed by atoms with van der Waals surface area (Å²) in [6.07, 6.45) is -3.09. The number of amides is 2. The molecule has 1 aromatic carbocycles. The molecular formula is C21H17F3N4O3S. The molecule has 0 bridgehead atoms. The molecule has 4 aromatic rings. The summed E-state index contributed by atoms with van der Waals surface area (Å²) in [4.78, 5) is 20.3. The molecule has 7 nitrogen and oxygen atoms in total. The van der Waals surface area contributed by atoms with E-state index in [4.69, 9.17) is 4.42 Å². The number of alkyl halides is 3. The topological polar surface area (TPSA) is 89.3 Å². The van der Waals surface area contributed by atoms with Crippen LogP contribution in [0.25, 0.3) is 21.0 Å². The van der Waals surface area contributed by atoms with Crippen LogP contribution in [-0.2, 0) is 13.1 Å². The van der Waals surface area contributed by atoms with E-state index in [0.29, 0.717) is 17.1 Å². The van der Waals surface area contributed by atoms with Crippen LogP contribution in [0, 0.1) is 0 Å². The summed E-state index contributed by atoms with van der Waals surface area (Å²) in [5.41, 5.74) is 1.51. The van der Waals surface area contributed by atoms with Crippen molar-refractivity contribution < 1.29 is 27.1 Å². The molecule has 4 rings (SSSR count). The number of para-hydroxylation sites is 1. The van der Waals surface area contributed by atoms with E-state index in [9.17, 15) is 18.0 Å². The highest BCUT2D eigenvalue weighted by atomic mass is 32.1. The molecule has 11 heteroatoms. The zero-order valence-corrected chi connectivity index (χ0v) is 17.3. The molecule has 0 atom stereocenters. The van der Waals surface area contributed by atoms with Crippen molar-refractivity contribution in [2.24, 2.45) is 0 Å². The summed E-state index contributed by atoms with van der Waals surface area (Å²) in [7, 11) is 0. The Bertz CT molecular complexity index is 1170. The Morgan fingerprint density at radius 1 is 1.06 bits per heavy atom. The molecular weight excluding hydrogens is 445 g/mol. The van der Waals surface area contributed by atoms with E-state index < -0.39 is 18.8 Å². The van der Waals surface area contributed by atoms with Gasteiger partial charge in [0, 0.05) is 18.8 Å². The quantitative estimate of drug-likeness (QED) is 0.408. The van der Waals surface area contributed by atoms with Crippen LogP contribution in [0.3, 0.4) is 0 Å². The molecule has 0 saturated heterocycles. The van der Waals surface area contributed by atoms with Crippen molar-refractivity contribution in [1.29, 1.82) is 0 Å². The van der Waals surface area contributed by atoms with Gasteiger partial charge in [0.05, 0.1) is 16.8 Å². The average Bonchev–Trinajstić information content (AvgIpc) is 3.42. The third-order valence-corrected chi connectivity index (χ3v) is 5.27. The predicted molar refractivity (Wildman–Crippen MR) is 112 cm³/mol. The Hall–Kier alpha value is -3.60. The highest BCUT2D eigenvalue weighted by molar-refractivity contribution is 7.21. The number of hydrogen-bond donors (Lipinski definition) is 2. The van der Waals surface area contributed by atoms with Crippen LogP contribution in [0.2, 0.25) is 0 Å². The summed E-state index contributed by atoms with van der Waals surface area (Å²) in [6.45, 7) is -1.08. The summed E-state index contributed by atoms with van der Waals surface area (Å²) >= 11 is 1.52. The normalized spacial score (nSPS) is 11.5. The minimum atomic E-state index is -4.43. The molecule has 0 saturated carbocycles.